The number of hydrogen-bond acceptors (Lipinski definition) is 4. The minimum absolute atomic E-state index is 0.0477. The molecular formula is C16H24N2O3S. The Balaban J connectivity index is 2.37. The first-order valence-electron chi connectivity index (χ1n) is 7.42. The molecule has 0 radical (unpaired) electrons. The van der Waals surface area contributed by atoms with Crippen molar-refractivity contribution >= 4 is 29.0 Å². The van der Waals surface area contributed by atoms with Crippen LogP contribution in [0.1, 0.15) is 31.7 Å². The van der Waals surface area contributed by atoms with Gasteiger partial charge >= 0.3 is 5.97 Å². The molecule has 0 aliphatic heterocycles. The second-order valence-corrected chi connectivity index (χ2v) is 5.35. The van der Waals surface area contributed by atoms with E-state index in [0.29, 0.717) is 17.5 Å². The molecule has 0 bridgehead atoms. The van der Waals surface area contributed by atoms with Crippen LogP contribution in [-0.4, -0.2) is 31.3 Å². The lowest BCUT2D eigenvalue weighted by Crippen LogP contribution is -2.34. The van der Waals surface area contributed by atoms with E-state index in [1.165, 1.54) is 0 Å². The van der Waals surface area contributed by atoms with Crippen molar-refractivity contribution in [2.45, 2.75) is 33.1 Å². The summed E-state index contributed by atoms with van der Waals surface area (Å²) >= 11 is 5.17. The number of esters is 1. The summed E-state index contributed by atoms with van der Waals surface area (Å²) in [5, 5.41) is 6.21. The largest absolute Gasteiger partial charge is 0.495 e. The van der Waals surface area contributed by atoms with E-state index < -0.39 is 0 Å². The SMILES string of the molecule is CCCCCOC(=O)CNC(=S)Nc1cc(C)ccc1OC. The van der Waals surface area contributed by atoms with Crippen LogP contribution in [0.5, 0.6) is 5.75 Å². The zero-order valence-corrected chi connectivity index (χ0v) is 14.2. The maximum atomic E-state index is 11.5. The molecule has 0 unspecified atom stereocenters. The maximum Gasteiger partial charge on any atom is 0.325 e. The van der Waals surface area contributed by atoms with Gasteiger partial charge in [0, 0.05) is 0 Å². The van der Waals surface area contributed by atoms with Gasteiger partial charge in [-0.1, -0.05) is 25.8 Å². The highest BCUT2D eigenvalue weighted by molar-refractivity contribution is 7.80. The van der Waals surface area contributed by atoms with E-state index in [1.807, 2.05) is 25.1 Å². The molecule has 0 fully saturated rings. The summed E-state index contributed by atoms with van der Waals surface area (Å²) in [6.45, 7) is 4.59. The summed E-state index contributed by atoms with van der Waals surface area (Å²) in [5.74, 6) is 0.383. The topological polar surface area (TPSA) is 59.6 Å². The normalized spacial score (nSPS) is 9.95. The van der Waals surface area contributed by atoms with Crippen LogP contribution in [0.25, 0.3) is 0 Å². The number of rotatable bonds is 8. The Morgan fingerprint density at radius 2 is 2.09 bits per heavy atom. The van der Waals surface area contributed by atoms with Crippen LogP contribution in [0.4, 0.5) is 5.69 Å². The van der Waals surface area contributed by atoms with Crippen molar-refractivity contribution < 1.29 is 14.3 Å². The molecule has 22 heavy (non-hydrogen) atoms. The average molecular weight is 324 g/mol. The van der Waals surface area contributed by atoms with E-state index in [4.69, 9.17) is 21.7 Å². The number of anilines is 1. The van der Waals surface area contributed by atoms with Crippen LogP contribution in [0.15, 0.2) is 18.2 Å². The zero-order chi connectivity index (χ0) is 16.4. The molecule has 0 amide bonds. The van der Waals surface area contributed by atoms with E-state index >= 15 is 0 Å². The van der Waals surface area contributed by atoms with Crippen molar-refractivity contribution in [3.8, 4) is 5.75 Å². The number of carbonyl (C=O) groups excluding carboxylic acids is 1. The number of ether oxygens (including phenoxy) is 2. The van der Waals surface area contributed by atoms with Crippen LogP contribution in [0.2, 0.25) is 0 Å². The number of carbonyl (C=O) groups is 1. The lowest BCUT2D eigenvalue weighted by atomic mass is 10.2. The second kappa shape index (κ2) is 10.00. The van der Waals surface area contributed by atoms with Gasteiger partial charge in [0.1, 0.15) is 12.3 Å². The first-order valence-corrected chi connectivity index (χ1v) is 7.82. The minimum Gasteiger partial charge on any atom is -0.495 e. The number of methoxy groups -OCH3 is 1. The van der Waals surface area contributed by atoms with E-state index in [0.717, 1.165) is 30.5 Å². The molecule has 0 aliphatic rings. The molecule has 122 valence electrons. The summed E-state index contributed by atoms with van der Waals surface area (Å²) < 4.78 is 10.4. The molecule has 0 atom stereocenters. The Morgan fingerprint density at radius 3 is 2.77 bits per heavy atom. The fraction of sp³-hybridized carbons (Fsp3) is 0.500. The molecule has 0 saturated carbocycles. The number of thiocarbonyl (C=S) groups is 1. The minimum atomic E-state index is -0.309. The molecule has 0 spiro atoms. The van der Waals surface area contributed by atoms with Crippen LogP contribution < -0.4 is 15.4 Å². The highest BCUT2D eigenvalue weighted by Gasteiger charge is 2.07. The lowest BCUT2D eigenvalue weighted by molar-refractivity contribution is -0.142. The van der Waals surface area contributed by atoms with Crippen molar-refractivity contribution in [1.82, 2.24) is 5.32 Å². The number of nitrogens with one attached hydrogen (secondary N) is 2. The summed E-state index contributed by atoms with van der Waals surface area (Å²) in [5.41, 5.74) is 1.85. The van der Waals surface area contributed by atoms with Crippen molar-refractivity contribution in [2.75, 3.05) is 25.6 Å². The first-order chi connectivity index (χ1) is 10.6. The third-order valence-corrected chi connectivity index (χ3v) is 3.25. The molecule has 0 aliphatic carbocycles. The predicted molar refractivity (Wildman–Crippen MR) is 92.4 cm³/mol. The van der Waals surface area contributed by atoms with Gasteiger partial charge in [-0.2, -0.15) is 0 Å². The Morgan fingerprint density at radius 1 is 1.32 bits per heavy atom. The summed E-state index contributed by atoms with van der Waals surface area (Å²) in [6.07, 6.45) is 3.06. The Hall–Kier alpha value is -1.82. The van der Waals surface area contributed by atoms with Gasteiger partial charge in [0.15, 0.2) is 5.11 Å². The Bertz CT molecular complexity index is 506. The van der Waals surface area contributed by atoms with E-state index in [9.17, 15) is 4.79 Å². The molecule has 0 heterocycles. The van der Waals surface area contributed by atoms with Gasteiger partial charge in [-0.05, 0) is 43.3 Å². The molecule has 2 N–H and O–H groups in total. The van der Waals surface area contributed by atoms with Gasteiger partial charge < -0.3 is 20.1 Å². The molecule has 0 aromatic heterocycles. The highest BCUT2D eigenvalue weighted by atomic mass is 32.1. The smallest absolute Gasteiger partial charge is 0.325 e. The lowest BCUT2D eigenvalue weighted by Gasteiger charge is -2.13. The molecule has 5 nitrogen and oxygen atoms in total. The maximum absolute atomic E-state index is 11.5. The quantitative estimate of drug-likeness (QED) is 0.435. The first kappa shape index (κ1) is 18.2. The summed E-state index contributed by atoms with van der Waals surface area (Å²) in [6, 6.07) is 5.74. The molecular weight excluding hydrogens is 300 g/mol. The molecule has 0 saturated heterocycles. The Kier molecular flexibility index (Phi) is 8.28. The average Bonchev–Trinajstić information content (AvgIpc) is 2.50. The van der Waals surface area contributed by atoms with Crippen molar-refractivity contribution in [1.29, 1.82) is 0 Å². The van der Waals surface area contributed by atoms with Gasteiger partial charge in [0.25, 0.3) is 0 Å². The second-order valence-electron chi connectivity index (χ2n) is 4.94. The summed E-state index contributed by atoms with van der Waals surface area (Å²) in [7, 11) is 1.60. The van der Waals surface area contributed by atoms with Gasteiger partial charge in [-0.15, -0.1) is 0 Å². The van der Waals surface area contributed by atoms with Gasteiger partial charge in [0.2, 0.25) is 0 Å². The fourth-order valence-corrected chi connectivity index (χ4v) is 2.01. The number of aryl methyl sites for hydroxylation is 1. The molecule has 1 rings (SSSR count). The van der Waals surface area contributed by atoms with Crippen LogP contribution >= 0.6 is 12.2 Å². The summed E-state index contributed by atoms with van der Waals surface area (Å²) in [4.78, 5) is 11.5. The van der Waals surface area contributed by atoms with Crippen LogP contribution in [-0.2, 0) is 9.53 Å². The predicted octanol–water partition coefficient (Wildman–Crippen LogP) is 3.02. The third-order valence-electron chi connectivity index (χ3n) is 3.01. The number of benzene rings is 1. The van der Waals surface area contributed by atoms with Gasteiger partial charge in [0.05, 0.1) is 19.4 Å². The van der Waals surface area contributed by atoms with E-state index in [-0.39, 0.29) is 12.5 Å². The van der Waals surface area contributed by atoms with Crippen molar-refractivity contribution in [3.63, 3.8) is 0 Å². The van der Waals surface area contributed by atoms with Crippen LogP contribution in [0.3, 0.4) is 0 Å². The molecule has 1 aromatic carbocycles. The van der Waals surface area contributed by atoms with E-state index in [2.05, 4.69) is 17.6 Å². The monoisotopic (exact) mass is 324 g/mol. The highest BCUT2D eigenvalue weighted by Crippen LogP contribution is 2.24. The standard InChI is InChI=1S/C16H24N2O3S/c1-4-5-6-9-21-15(19)11-17-16(22)18-13-10-12(2)7-8-14(13)20-3/h7-8,10H,4-6,9,11H2,1-3H3,(H2,17,18,22). The van der Waals surface area contributed by atoms with Gasteiger partial charge in [-0.25, -0.2) is 0 Å². The van der Waals surface area contributed by atoms with Crippen LogP contribution in [0, 0.1) is 6.92 Å². The van der Waals surface area contributed by atoms with E-state index in [1.54, 1.807) is 7.11 Å². The fourth-order valence-electron chi connectivity index (χ4n) is 1.83. The van der Waals surface area contributed by atoms with Crippen molar-refractivity contribution in [3.05, 3.63) is 23.8 Å². The van der Waals surface area contributed by atoms with Crippen molar-refractivity contribution in [2.24, 2.45) is 0 Å². The van der Waals surface area contributed by atoms with Gasteiger partial charge in [-0.3, -0.25) is 4.79 Å². The third kappa shape index (κ3) is 6.76. The molecule has 6 heteroatoms. The number of unbranched alkanes of at least 4 members (excludes halogenated alkanes) is 2. The number of hydrogen-bond donors (Lipinski definition) is 2. The zero-order valence-electron chi connectivity index (χ0n) is 13.4. The Labute approximate surface area is 137 Å². The molecule has 1 aromatic rings.